The lowest BCUT2D eigenvalue weighted by Crippen LogP contribution is -1.79. The van der Waals surface area contributed by atoms with Crippen LogP contribution in [-0.2, 0) is 4.79 Å². The topological polar surface area (TPSA) is 17.1 Å². The largest absolute Gasteiger partial charge is 0.303 e. The fourth-order valence-electron chi connectivity index (χ4n) is 1.63. The minimum atomic E-state index is 0.722. The summed E-state index contributed by atoms with van der Waals surface area (Å²) in [6, 6.07) is 10.4. The number of carbonyl (C=O) groups is 1. The Morgan fingerprint density at radius 3 is 2.25 bits per heavy atom. The van der Waals surface area contributed by atoms with Gasteiger partial charge >= 0.3 is 0 Å². The van der Waals surface area contributed by atoms with E-state index in [1.165, 1.54) is 24.8 Å². The second-order valence-corrected chi connectivity index (χ2v) is 3.97. The quantitative estimate of drug-likeness (QED) is 0.469. The molecule has 0 heterocycles. The Hall–Kier alpha value is -1.37. The number of hydrogen-bond acceptors (Lipinski definition) is 1. The van der Waals surface area contributed by atoms with Crippen molar-refractivity contribution in [3.63, 3.8) is 0 Å². The number of carbonyl (C=O) groups excluding carboxylic acids is 1. The molecule has 16 heavy (non-hydrogen) atoms. The molecule has 1 aromatic carbocycles. The van der Waals surface area contributed by atoms with Crippen molar-refractivity contribution in [3.8, 4) is 0 Å². The van der Waals surface area contributed by atoms with E-state index in [4.69, 9.17) is 0 Å². The minimum absolute atomic E-state index is 0.722. The van der Waals surface area contributed by atoms with E-state index in [9.17, 15) is 4.79 Å². The summed E-state index contributed by atoms with van der Waals surface area (Å²) in [7, 11) is 0. The van der Waals surface area contributed by atoms with Gasteiger partial charge in [-0.1, -0.05) is 55.3 Å². The average molecular weight is 216 g/mol. The smallest absolute Gasteiger partial charge is 0.119 e. The maximum atomic E-state index is 10.1. The first kappa shape index (κ1) is 12.7. The normalized spacial score (nSPS) is 10.8. The molecule has 0 fully saturated rings. The predicted octanol–water partition coefficient (Wildman–Crippen LogP) is 4.24. The van der Waals surface area contributed by atoms with Crippen molar-refractivity contribution in [3.05, 3.63) is 42.0 Å². The molecule has 1 aromatic rings. The van der Waals surface area contributed by atoms with Gasteiger partial charge in [0.1, 0.15) is 6.29 Å². The number of aldehydes is 1. The van der Waals surface area contributed by atoms with E-state index < -0.39 is 0 Å². The number of benzene rings is 1. The fraction of sp³-hybridized carbons (Fsp3) is 0.400. The summed E-state index contributed by atoms with van der Waals surface area (Å²) in [4.78, 5) is 10.1. The first-order chi connectivity index (χ1) is 7.93. The Balaban J connectivity index is 2.03. The standard InChI is InChI=1S/C15H20O/c16-14-10-5-3-1-2-4-7-11-15-12-8-6-9-13-15/h6-9,11-14H,1-5,10H2. The van der Waals surface area contributed by atoms with Gasteiger partial charge < -0.3 is 4.79 Å². The summed E-state index contributed by atoms with van der Waals surface area (Å²) >= 11 is 0. The van der Waals surface area contributed by atoms with Gasteiger partial charge in [0.15, 0.2) is 0 Å². The molecule has 0 bridgehead atoms. The van der Waals surface area contributed by atoms with E-state index in [1.54, 1.807) is 0 Å². The van der Waals surface area contributed by atoms with Crippen LogP contribution in [0.5, 0.6) is 0 Å². The lowest BCUT2D eigenvalue weighted by Gasteiger charge is -1.96. The van der Waals surface area contributed by atoms with Gasteiger partial charge in [0.2, 0.25) is 0 Å². The molecule has 1 heteroatoms. The zero-order valence-electron chi connectivity index (χ0n) is 9.77. The van der Waals surface area contributed by atoms with Gasteiger partial charge in [-0.25, -0.2) is 0 Å². The van der Waals surface area contributed by atoms with Crippen LogP contribution in [-0.4, -0.2) is 6.29 Å². The Morgan fingerprint density at radius 2 is 1.56 bits per heavy atom. The average Bonchev–Trinajstić information content (AvgIpc) is 2.34. The van der Waals surface area contributed by atoms with Crippen LogP contribution in [0.2, 0.25) is 0 Å². The van der Waals surface area contributed by atoms with E-state index in [0.29, 0.717) is 0 Å². The second kappa shape index (κ2) is 8.90. The van der Waals surface area contributed by atoms with Crippen molar-refractivity contribution in [2.75, 3.05) is 0 Å². The highest BCUT2D eigenvalue weighted by Crippen LogP contribution is 2.07. The third-order valence-corrected chi connectivity index (χ3v) is 2.55. The maximum absolute atomic E-state index is 10.1. The van der Waals surface area contributed by atoms with E-state index in [-0.39, 0.29) is 0 Å². The van der Waals surface area contributed by atoms with Crippen LogP contribution in [0.25, 0.3) is 6.08 Å². The number of unbranched alkanes of at least 4 members (excludes halogenated alkanes) is 5. The second-order valence-electron chi connectivity index (χ2n) is 3.97. The van der Waals surface area contributed by atoms with Gasteiger partial charge in [-0.15, -0.1) is 0 Å². The molecule has 0 spiro atoms. The first-order valence-electron chi connectivity index (χ1n) is 6.08. The lowest BCUT2D eigenvalue weighted by atomic mass is 10.1. The SMILES string of the molecule is O=CCCCCCCC=Cc1ccccc1. The molecule has 0 N–H and O–H groups in total. The molecular formula is C15H20O. The minimum Gasteiger partial charge on any atom is -0.303 e. The molecule has 0 aliphatic carbocycles. The summed E-state index contributed by atoms with van der Waals surface area (Å²) in [6.45, 7) is 0. The maximum Gasteiger partial charge on any atom is 0.119 e. The van der Waals surface area contributed by atoms with Crippen LogP contribution in [0.15, 0.2) is 36.4 Å². The van der Waals surface area contributed by atoms with Gasteiger partial charge in [0.25, 0.3) is 0 Å². The Kier molecular flexibility index (Phi) is 7.06. The van der Waals surface area contributed by atoms with E-state index >= 15 is 0 Å². The molecular weight excluding hydrogens is 196 g/mol. The predicted molar refractivity (Wildman–Crippen MR) is 69.2 cm³/mol. The number of rotatable bonds is 8. The third-order valence-electron chi connectivity index (χ3n) is 2.55. The first-order valence-corrected chi connectivity index (χ1v) is 6.08. The Bertz CT molecular complexity index is 300. The molecule has 0 saturated heterocycles. The molecule has 0 unspecified atom stereocenters. The van der Waals surface area contributed by atoms with Gasteiger partial charge in [-0.05, 0) is 24.8 Å². The summed E-state index contributed by atoms with van der Waals surface area (Å²) in [5, 5.41) is 0. The molecule has 0 atom stereocenters. The summed E-state index contributed by atoms with van der Waals surface area (Å²) in [5.41, 5.74) is 1.27. The van der Waals surface area contributed by atoms with Crippen molar-refractivity contribution >= 4 is 12.4 Å². The number of allylic oxidation sites excluding steroid dienone is 1. The Labute approximate surface area is 98.2 Å². The van der Waals surface area contributed by atoms with E-state index in [2.05, 4.69) is 36.4 Å². The molecule has 86 valence electrons. The molecule has 1 rings (SSSR count). The highest BCUT2D eigenvalue weighted by Gasteiger charge is 1.88. The molecule has 0 aromatic heterocycles. The van der Waals surface area contributed by atoms with Crippen LogP contribution >= 0.6 is 0 Å². The molecule has 0 aliphatic heterocycles. The summed E-state index contributed by atoms with van der Waals surface area (Å²) in [5.74, 6) is 0. The third kappa shape index (κ3) is 6.18. The highest BCUT2D eigenvalue weighted by molar-refractivity contribution is 5.49. The van der Waals surface area contributed by atoms with Gasteiger partial charge in [0, 0.05) is 6.42 Å². The van der Waals surface area contributed by atoms with Gasteiger partial charge in [0.05, 0.1) is 0 Å². The summed E-state index contributed by atoms with van der Waals surface area (Å²) < 4.78 is 0. The zero-order valence-corrected chi connectivity index (χ0v) is 9.77. The molecule has 0 radical (unpaired) electrons. The van der Waals surface area contributed by atoms with Gasteiger partial charge in [-0.3, -0.25) is 0 Å². The van der Waals surface area contributed by atoms with Crippen LogP contribution in [0, 0.1) is 0 Å². The lowest BCUT2D eigenvalue weighted by molar-refractivity contribution is -0.107. The van der Waals surface area contributed by atoms with Crippen molar-refractivity contribution in [2.24, 2.45) is 0 Å². The molecule has 0 saturated carbocycles. The van der Waals surface area contributed by atoms with E-state index in [0.717, 1.165) is 25.5 Å². The van der Waals surface area contributed by atoms with Gasteiger partial charge in [-0.2, -0.15) is 0 Å². The molecule has 0 aliphatic rings. The van der Waals surface area contributed by atoms with Crippen molar-refractivity contribution in [1.82, 2.24) is 0 Å². The van der Waals surface area contributed by atoms with Crippen LogP contribution in [0.3, 0.4) is 0 Å². The molecule has 0 amide bonds. The fourth-order valence-corrected chi connectivity index (χ4v) is 1.63. The monoisotopic (exact) mass is 216 g/mol. The van der Waals surface area contributed by atoms with Crippen LogP contribution in [0.4, 0.5) is 0 Å². The van der Waals surface area contributed by atoms with E-state index in [1.807, 2.05) is 6.07 Å². The Morgan fingerprint density at radius 1 is 0.875 bits per heavy atom. The van der Waals surface area contributed by atoms with Crippen molar-refractivity contribution in [1.29, 1.82) is 0 Å². The van der Waals surface area contributed by atoms with Crippen molar-refractivity contribution < 1.29 is 4.79 Å². The highest BCUT2D eigenvalue weighted by atomic mass is 16.1. The van der Waals surface area contributed by atoms with Crippen molar-refractivity contribution in [2.45, 2.75) is 38.5 Å². The molecule has 1 nitrogen and oxygen atoms in total. The van der Waals surface area contributed by atoms with Crippen LogP contribution < -0.4 is 0 Å². The van der Waals surface area contributed by atoms with Crippen LogP contribution in [0.1, 0.15) is 44.1 Å². The number of hydrogen-bond donors (Lipinski definition) is 0. The zero-order chi connectivity index (χ0) is 11.5. The summed E-state index contributed by atoms with van der Waals surface area (Å²) in [6.07, 6.45) is 11.9.